The third-order valence-corrected chi connectivity index (χ3v) is 8.17. The van der Waals surface area contributed by atoms with Crippen LogP contribution in [0.5, 0.6) is 0 Å². The van der Waals surface area contributed by atoms with Crippen LogP contribution < -0.4 is 15.0 Å². The van der Waals surface area contributed by atoms with Crippen LogP contribution in [0.3, 0.4) is 0 Å². The third-order valence-electron chi connectivity index (χ3n) is 5.41. The molecule has 2 N–H and O–H groups in total. The highest BCUT2D eigenvalue weighted by molar-refractivity contribution is 7.94. The van der Waals surface area contributed by atoms with E-state index in [9.17, 15) is 13.2 Å². The summed E-state index contributed by atoms with van der Waals surface area (Å²) in [5.74, 6) is -0.521. The molecule has 7 nitrogen and oxygen atoms in total. The van der Waals surface area contributed by atoms with E-state index in [4.69, 9.17) is 0 Å². The number of rotatable bonds is 10. The molecule has 36 heavy (non-hydrogen) atoms. The minimum atomic E-state index is -3.78. The topological polar surface area (TPSA) is 90.9 Å². The Labute approximate surface area is 215 Å². The van der Waals surface area contributed by atoms with E-state index in [1.807, 2.05) is 42.5 Å². The molecule has 0 atom stereocenters. The number of para-hydroxylation sites is 1. The van der Waals surface area contributed by atoms with Crippen LogP contribution in [0.15, 0.2) is 106 Å². The zero-order valence-electron chi connectivity index (χ0n) is 19.7. The summed E-state index contributed by atoms with van der Waals surface area (Å²) in [4.78, 5) is 15.0. The number of carbonyl (C=O) groups excluding carboxylic acids is 1. The first-order valence-electron chi connectivity index (χ1n) is 11.3. The highest BCUT2D eigenvalue weighted by Gasteiger charge is 2.19. The van der Waals surface area contributed by atoms with Crippen LogP contribution in [0.25, 0.3) is 0 Å². The van der Waals surface area contributed by atoms with Gasteiger partial charge in [0.1, 0.15) is 4.21 Å². The second kappa shape index (κ2) is 11.7. The smallest absolute Gasteiger partial charge is 0.273 e. The van der Waals surface area contributed by atoms with E-state index in [1.165, 1.54) is 23.8 Å². The number of anilines is 2. The summed E-state index contributed by atoms with van der Waals surface area (Å²) in [5, 5.41) is 5.73. The van der Waals surface area contributed by atoms with Gasteiger partial charge in [0.25, 0.3) is 15.9 Å². The van der Waals surface area contributed by atoms with Crippen LogP contribution in [0.1, 0.15) is 28.4 Å². The van der Waals surface area contributed by atoms with Gasteiger partial charge in [-0.3, -0.25) is 9.52 Å². The molecule has 0 bridgehead atoms. The number of amides is 1. The van der Waals surface area contributed by atoms with Crippen molar-refractivity contribution >= 4 is 44.9 Å². The normalized spacial score (nSPS) is 11.4. The lowest BCUT2D eigenvalue weighted by Crippen LogP contribution is -2.22. The second-order valence-corrected chi connectivity index (χ2v) is 10.7. The molecule has 4 aromatic rings. The molecule has 1 aromatic heterocycles. The van der Waals surface area contributed by atoms with Crippen LogP contribution in [0, 0.1) is 0 Å². The van der Waals surface area contributed by atoms with Gasteiger partial charge in [-0.05, 0) is 53.8 Å². The average Bonchev–Trinajstić information content (AvgIpc) is 3.45. The zero-order valence-corrected chi connectivity index (χ0v) is 21.3. The Morgan fingerprint density at radius 3 is 2.36 bits per heavy atom. The van der Waals surface area contributed by atoms with Crippen LogP contribution in [-0.4, -0.2) is 27.1 Å². The Hall–Kier alpha value is -3.95. The lowest BCUT2D eigenvalue weighted by molar-refractivity contribution is 0.0956. The molecule has 1 amide bonds. The van der Waals surface area contributed by atoms with Crippen LogP contribution in [-0.2, 0) is 16.6 Å². The predicted molar refractivity (Wildman–Crippen MR) is 146 cm³/mol. The molecule has 0 saturated carbocycles. The molecule has 3 aromatic carbocycles. The first-order chi connectivity index (χ1) is 17.5. The summed E-state index contributed by atoms with van der Waals surface area (Å²) in [7, 11) is -3.78. The van der Waals surface area contributed by atoms with Crippen LogP contribution in [0.4, 0.5) is 11.4 Å². The number of nitrogens with one attached hydrogen (secondary N) is 2. The molecule has 0 saturated heterocycles. The van der Waals surface area contributed by atoms with Gasteiger partial charge in [0.05, 0.1) is 17.5 Å². The maximum atomic E-state index is 12.7. The number of sulfonamides is 1. The summed E-state index contributed by atoms with van der Waals surface area (Å²) in [6.45, 7) is 3.80. The van der Waals surface area contributed by atoms with E-state index in [1.54, 1.807) is 29.8 Å². The van der Waals surface area contributed by atoms with Crippen LogP contribution >= 0.6 is 11.3 Å². The van der Waals surface area contributed by atoms with E-state index in [0.29, 0.717) is 0 Å². The second-order valence-electron chi connectivity index (χ2n) is 7.87. The summed E-state index contributed by atoms with van der Waals surface area (Å²) in [6.07, 6.45) is 1.55. The minimum absolute atomic E-state index is 0.171. The molecule has 1 heterocycles. The first-order valence-corrected chi connectivity index (χ1v) is 13.7. The van der Waals surface area contributed by atoms with E-state index < -0.39 is 15.9 Å². The molecule has 4 rings (SSSR count). The fourth-order valence-corrected chi connectivity index (χ4v) is 5.64. The highest BCUT2D eigenvalue weighted by Crippen LogP contribution is 2.23. The maximum absolute atomic E-state index is 12.7. The Morgan fingerprint density at radius 1 is 0.944 bits per heavy atom. The van der Waals surface area contributed by atoms with Gasteiger partial charge in [0.2, 0.25) is 0 Å². The lowest BCUT2D eigenvalue weighted by atomic mass is 10.1. The Kier molecular flexibility index (Phi) is 8.14. The van der Waals surface area contributed by atoms with Gasteiger partial charge in [-0.15, -0.1) is 11.3 Å². The summed E-state index contributed by atoms with van der Waals surface area (Å²) in [6, 6.07) is 27.8. The van der Waals surface area contributed by atoms with Gasteiger partial charge in [-0.25, -0.2) is 13.8 Å². The van der Waals surface area contributed by atoms with Gasteiger partial charge in [-0.2, -0.15) is 5.10 Å². The fourth-order valence-electron chi connectivity index (χ4n) is 3.57. The largest absolute Gasteiger partial charge is 0.367 e. The Bertz CT molecular complexity index is 1420. The van der Waals surface area contributed by atoms with Gasteiger partial charge < -0.3 is 4.90 Å². The maximum Gasteiger partial charge on any atom is 0.273 e. The molecule has 184 valence electrons. The van der Waals surface area contributed by atoms with Crippen molar-refractivity contribution in [1.29, 1.82) is 0 Å². The minimum Gasteiger partial charge on any atom is -0.367 e. The predicted octanol–water partition coefficient (Wildman–Crippen LogP) is 5.34. The number of thiophene rings is 1. The standard InChI is InChI=1S/C27H26N4O3S2/c1-2-31(20-22-9-4-3-5-10-22)23-16-14-21(15-17-23)19-28-29-27(32)24-11-6-7-12-25(24)30-36(33,34)26-13-8-18-35-26/h3-19,30H,2,20H2,1H3,(H,29,32). The number of hydrogen-bond acceptors (Lipinski definition) is 6. The number of hydrogen-bond donors (Lipinski definition) is 2. The molecule has 0 unspecified atom stereocenters. The molecule has 0 radical (unpaired) electrons. The molecule has 0 aliphatic rings. The van der Waals surface area contributed by atoms with E-state index in [0.717, 1.165) is 35.7 Å². The number of carbonyl (C=O) groups is 1. The van der Waals surface area contributed by atoms with Crippen molar-refractivity contribution in [2.75, 3.05) is 16.2 Å². The number of nitrogens with zero attached hydrogens (tertiary/aromatic N) is 2. The van der Waals surface area contributed by atoms with Crippen molar-refractivity contribution in [2.24, 2.45) is 5.10 Å². The SMILES string of the molecule is CCN(Cc1ccccc1)c1ccc(C=NNC(=O)c2ccccc2NS(=O)(=O)c2cccs2)cc1. The lowest BCUT2D eigenvalue weighted by Gasteiger charge is -2.23. The van der Waals surface area contributed by atoms with Crippen molar-refractivity contribution in [1.82, 2.24) is 5.43 Å². The van der Waals surface area contributed by atoms with Crippen molar-refractivity contribution in [3.63, 3.8) is 0 Å². The summed E-state index contributed by atoms with van der Waals surface area (Å²) >= 11 is 1.10. The van der Waals surface area contributed by atoms with Crippen LogP contribution in [0.2, 0.25) is 0 Å². The Morgan fingerprint density at radius 2 is 1.67 bits per heavy atom. The van der Waals surface area contributed by atoms with Gasteiger partial charge in [0.15, 0.2) is 0 Å². The zero-order chi connectivity index (χ0) is 25.4. The monoisotopic (exact) mass is 518 g/mol. The van der Waals surface area contributed by atoms with Gasteiger partial charge in [-0.1, -0.05) is 60.7 Å². The third kappa shape index (κ3) is 6.38. The Balaban J connectivity index is 1.40. The molecule has 0 spiro atoms. The fraction of sp³-hybridized carbons (Fsp3) is 0.111. The van der Waals surface area contributed by atoms with Gasteiger partial charge in [0, 0.05) is 18.8 Å². The summed E-state index contributed by atoms with van der Waals surface area (Å²) in [5.41, 5.74) is 5.98. The van der Waals surface area contributed by atoms with Gasteiger partial charge >= 0.3 is 0 Å². The van der Waals surface area contributed by atoms with E-state index in [-0.39, 0.29) is 15.5 Å². The molecular weight excluding hydrogens is 492 g/mol. The highest BCUT2D eigenvalue weighted by atomic mass is 32.2. The van der Waals surface area contributed by atoms with Crippen molar-refractivity contribution in [3.8, 4) is 0 Å². The summed E-state index contributed by atoms with van der Waals surface area (Å²) < 4.78 is 27.8. The van der Waals surface area contributed by atoms with Crippen molar-refractivity contribution < 1.29 is 13.2 Å². The quantitative estimate of drug-likeness (QED) is 0.219. The average molecular weight is 519 g/mol. The molecule has 0 fully saturated rings. The number of benzene rings is 3. The van der Waals surface area contributed by atoms with E-state index >= 15 is 0 Å². The van der Waals surface area contributed by atoms with Crippen molar-refractivity contribution in [3.05, 3.63) is 113 Å². The number of hydrazone groups is 1. The van der Waals surface area contributed by atoms with E-state index in [2.05, 4.69) is 39.2 Å². The molecule has 0 aliphatic heterocycles. The molecule has 0 aliphatic carbocycles. The van der Waals surface area contributed by atoms with Crippen molar-refractivity contribution in [2.45, 2.75) is 17.7 Å². The first kappa shape index (κ1) is 25.2. The molecule has 9 heteroatoms. The molecular formula is C27H26N4O3S2.